The van der Waals surface area contributed by atoms with Crippen LogP contribution >= 0.6 is 0 Å². The van der Waals surface area contributed by atoms with Gasteiger partial charge in [0.05, 0.1) is 25.7 Å². The highest BCUT2D eigenvalue weighted by atomic mass is 16.5. The van der Waals surface area contributed by atoms with Gasteiger partial charge in [-0.25, -0.2) is 0 Å². The van der Waals surface area contributed by atoms with Crippen LogP contribution < -0.4 is 9.47 Å². The molecule has 2 aromatic rings. The molecule has 1 heterocycles. The molecule has 5 heteroatoms. The number of esters is 1. The number of nitrogens with zero attached hydrogens (tertiary/aromatic N) is 1. The fourth-order valence-electron chi connectivity index (χ4n) is 4.21. The van der Waals surface area contributed by atoms with Gasteiger partial charge in [-0.15, -0.1) is 0 Å². The molecular weight excluding hydrogens is 378 g/mol. The van der Waals surface area contributed by atoms with Crippen molar-refractivity contribution < 1.29 is 19.0 Å². The highest BCUT2D eigenvalue weighted by molar-refractivity contribution is 5.77. The third kappa shape index (κ3) is 5.33. The summed E-state index contributed by atoms with van der Waals surface area (Å²) in [5.74, 6) is 1.47. The Bertz CT molecular complexity index is 813. The Kier molecular flexibility index (Phi) is 7.75. The van der Waals surface area contributed by atoms with E-state index in [9.17, 15) is 4.79 Å². The summed E-state index contributed by atoms with van der Waals surface area (Å²) in [5, 5.41) is 0. The lowest BCUT2D eigenvalue weighted by molar-refractivity contribution is -0.158. The molecule has 0 bridgehead atoms. The molecular formula is C25H33NO4. The van der Waals surface area contributed by atoms with Crippen LogP contribution in [0.3, 0.4) is 0 Å². The molecule has 1 aliphatic rings. The summed E-state index contributed by atoms with van der Waals surface area (Å²) < 4.78 is 16.6. The van der Waals surface area contributed by atoms with Gasteiger partial charge in [0, 0.05) is 6.54 Å². The smallest absolute Gasteiger partial charge is 0.312 e. The molecule has 0 aromatic heterocycles. The average Bonchev–Trinajstić information content (AvgIpc) is 2.76. The normalized spacial score (nSPS) is 16.1. The summed E-state index contributed by atoms with van der Waals surface area (Å²) in [6.07, 6.45) is 2.34. The van der Waals surface area contributed by atoms with Crippen LogP contribution in [0.2, 0.25) is 0 Å². The Balaban J connectivity index is 1.69. The first kappa shape index (κ1) is 22.2. The molecule has 0 radical (unpaired) electrons. The Morgan fingerprint density at radius 1 is 0.967 bits per heavy atom. The maximum Gasteiger partial charge on any atom is 0.312 e. The zero-order valence-corrected chi connectivity index (χ0v) is 18.4. The van der Waals surface area contributed by atoms with Crippen LogP contribution in [0.15, 0.2) is 48.5 Å². The van der Waals surface area contributed by atoms with Crippen molar-refractivity contribution in [3.63, 3.8) is 0 Å². The van der Waals surface area contributed by atoms with E-state index in [1.54, 1.807) is 7.11 Å². The van der Waals surface area contributed by atoms with E-state index in [-0.39, 0.29) is 5.97 Å². The third-order valence-electron chi connectivity index (χ3n) is 5.84. The number of likely N-dealkylation sites (tertiary alicyclic amines) is 1. The molecule has 0 N–H and O–H groups in total. The van der Waals surface area contributed by atoms with Gasteiger partial charge in [0.25, 0.3) is 0 Å². The van der Waals surface area contributed by atoms with Crippen molar-refractivity contribution in [2.75, 3.05) is 33.4 Å². The molecule has 3 rings (SSSR count). The fourth-order valence-corrected chi connectivity index (χ4v) is 4.21. The minimum atomic E-state index is -0.440. The van der Waals surface area contributed by atoms with Gasteiger partial charge >= 0.3 is 5.97 Å². The third-order valence-corrected chi connectivity index (χ3v) is 5.84. The lowest BCUT2D eigenvalue weighted by Gasteiger charge is -2.40. The Morgan fingerprint density at radius 2 is 1.70 bits per heavy atom. The van der Waals surface area contributed by atoms with E-state index in [2.05, 4.69) is 29.2 Å². The number of hydrogen-bond donors (Lipinski definition) is 0. The van der Waals surface area contributed by atoms with Gasteiger partial charge < -0.3 is 14.2 Å². The number of carbonyl (C=O) groups excluding carboxylic acids is 1. The summed E-state index contributed by atoms with van der Waals surface area (Å²) in [6.45, 7) is 7.43. The van der Waals surface area contributed by atoms with Gasteiger partial charge in [0.2, 0.25) is 0 Å². The van der Waals surface area contributed by atoms with E-state index in [1.165, 1.54) is 11.1 Å². The molecule has 0 unspecified atom stereocenters. The lowest BCUT2D eigenvalue weighted by atomic mass is 9.73. The average molecular weight is 412 g/mol. The van der Waals surface area contributed by atoms with Crippen molar-refractivity contribution in [3.8, 4) is 11.5 Å². The van der Waals surface area contributed by atoms with Gasteiger partial charge in [-0.2, -0.15) is 0 Å². The fraction of sp³-hybridized carbons (Fsp3) is 0.480. The van der Waals surface area contributed by atoms with Crippen LogP contribution in [0.4, 0.5) is 0 Å². The molecule has 0 saturated carbocycles. The Labute approximate surface area is 179 Å². The van der Waals surface area contributed by atoms with Gasteiger partial charge in [-0.05, 0) is 69.5 Å². The maximum atomic E-state index is 12.9. The molecule has 0 aliphatic carbocycles. The zero-order valence-electron chi connectivity index (χ0n) is 18.4. The van der Waals surface area contributed by atoms with E-state index < -0.39 is 5.41 Å². The second-order valence-corrected chi connectivity index (χ2v) is 7.86. The molecule has 0 amide bonds. The second kappa shape index (κ2) is 10.5. The number of ether oxygens (including phenoxy) is 3. The molecule has 1 aliphatic heterocycles. The zero-order chi connectivity index (χ0) is 21.4. The molecule has 0 atom stereocenters. The van der Waals surface area contributed by atoms with Crippen LogP contribution in [0.25, 0.3) is 0 Å². The van der Waals surface area contributed by atoms with Crippen molar-refractivity contribution in [2.45, 2.75) is 39.7 Å². The second-order valence-electron chi connectivity index (χ2n) is 7.86. The first-order valence-electron chi connectivity index (χ1n) is 10.8. The van der Waals surface area contributed by atoms with E-state index in [0.29, 0.717) is 13.2 Å². The van der Waals surface area contributed by atoms with E-state index >= 15 is 0 Å². The minimum absolute atomic E-state index is 0.0587. The van der Waals surface area contributed by atoms with Crippen molar-refractivity contribution >= 4 is 5.97 Å². The summed E-state index contributed by atoms with van der Waals surface area (Å²) in [5.41, 5.74) is 1.94. The molecule has 5 nitrogen and oxygen atoms in total. The maximum absolute atomic E-state index is 12.9. The highest BCUT2D eigenvalue weighted by Gasteiger charge is 2.42. The van der Waals surface area contributed by atoms with Gasteiger partial charge in [0.15, 0.2) is 11.5 Å². The molecule has 0 spiro atoms. The predicted octanol–water partition coefficient (Wildman–Crippen LogP) is 4.48. The number of methoxy groups -OCH3 is 1. The Morgan fingerprint density at radius 3 is 2.33 bits per heavy atom. The van der Waals surface area contributed by atoms with E-state index in [1.807, 2.05) is 38.1 Å². The lowest BCUT2D eigenvalue weighted by Crippen LogP contribution is -2.46. The number of benzene rings is 2. The predicted molar refractivity (Wildman–Crippen MR) is 118 cm³/mol. The van der Waals surface area contributed by atoms with Crippen LogP contribution in [0.5, 0.6) is 11.5 Å². The quantitative estimate of drug-likeness (QED) is 0.570. The molecule has 30 heavy (non-hydrogen) atoms. The van der Waals surface area contributed by atoms with Gasteiger partial charge in [-0.1, -0.05) is 36.4 Å². The van der Waals surface area contributed by atoms with Crippen LogP contribution in [-0.2, 0) is 22.5 Å². The van der Waals surface area contributed by atoms with Crippen molar-refractivity contribution in [1.82, 2.24) is 4.90 Å². The van der Waals surface area contributed by atoms with Crippen molar-refractivity contribution in [3.05, 3.63) is 59.7 Å². The van der Waals surface area contributed by atoms with E-state index in [4.69, 9.17) is 14.2 Å². The number of hydrogen-bond acceptors (Lipinski definition) is 5. The van der Waals surface area contributed by atoms with Gasteiger partial charge in [0.1, 0.15) is 0 Å². The summed E-state index contributed by atoms with van der Waals surface area (Å²) in [6, 6.07) is 16.4. The first-order valence-corrected chi connectivity index (χ1v) is 10.8. The van der Waals surface area contributed by atoms with Gasteiger partial charge in [-0.3, -0.25) is 9.69 Å². The topological polar surface area (TPSA) is 48.0 Å². The minimum Gasteiger partial charge on any atom is -0.493 e. The monoisotopic (exact) mass is 411 g/mol. The SMILES string of the molecule is CCOC(=O)C1(Cc2ccccc2)CCN(Cc2ccc(OC)c(OCC)c2)CC1. The molecule has 1 fully saturated rings. The first-order chi connectivity index (χ1) is 14.6. The van der Waals surface area contributed by atoms with Crippen LogP contribution in [0, 0.1) is 5.41 Å². The summed E-state index contributed by atoms with van der Waals surface area (Å²) in [4.78, 5) is 15.3. The number of piperidine rings is 1. The number of carbonyl (C=O) groups is 1. The van der Waals surface area contributed by atoms with Crippen LogP contribution in [-0.4, -0.2) is 44.3 Å². The molecule has 1 saturated heterocycles. The largest absolute Gasteiger partial charge is 0.493 e. The van der Waals surface area contributed by atoms with Crippen molar-refractivity contribution in [1.29, 1.82) is 0 Å². The highest BCUT2D eigenvalue weighted by Crippen LogP contribution is 2.37. The summed E-state index contributed by atoms with van der Waals surface area (Å²) >= 11 is 0. The molecule has 2 aromatic carbocycles. The number of rotatable bonds is 9. The van der Waals surface area contributed by atoms with Crippen molar-refractivity contribution in [2.24, 2.45) is 5.41 Å². The standard InChI is InChI=1S/C25H33NO4/c1-4-29-23-17-21(11-12-22(23)28-3)19-26-15-13-25(14-16-26,24(27)30-5-2)18-20-9-7-6-8-10-20/h6-12,17H,4-5,13-16,18-19H2,1-3H3. The Hall–Kier alpha value is -2.53. The van der Waals surface area contributed by atoms with E-state index in [0.717, 1.165) is 50.4 Å². The molecule has 162 valence electrons. The summed E-state index contributed by atoms with van der Waals surface area (Å²) in [7, 11) is 1.66. The van der Waals surface area contributed by atoms with Crippen LogP contribution in [0.1, 0.15) is 37.8 Å².